The van der Waals surface area contributed by atoms with E-state index in [2.05, 4.69) is 0 Å². The molecule has 2 aliphatic rings. The topological polar surface area (TPSA) is 142 Å². The predicted octanol–water partition coefficient (Wildman–Crippen LogP) is -3.84. The molecule has 7 nitrogen and oxygen atoms in total. The first-order valence-corrected chi connectivity index (χ1v) is 5.62. The predicted molar refractivity (Wildman–Crippen MR) is 53.6 cm³/mol. The third-order valence-corrected chi connectivity index (χ3v) is 4.03. The van der Waals surface area contributed by atoms with E-state index in [1.165, 1.54) is 0 Å². The number of hydrogen-bond donors (Lipinski definition) is 7. The van der Waals surface area contributed by atoms with Gasteiger partial charge in [0, 0.05) is 5.92 Å². The molecule has 17 heavy (non-hydrogen) atoms. The normalized spacial score (nSPS) is 59.8. The summed E-state index contributed by atoms with van der Waals surface area (Å²) in [5, 5.41) is 67.3. The van der Waals surface area contributed by atoms with Gasteiger partial charge in [0.1, 0.15) is 18.3 Å². The molecule has 0 aromatic heterocycles. The van der Waals surface area contributed by atoms with Gasteiger partial charge in [-0.25, -0.2) is 0 Å². The first-order valence-electron chi connectivity index (χ1n) is 5.62. The highest BCUT2D eigenvalue weighted by Gasteiger charge is 2.56. The molecule has 0 aromatic rings. The van der Waals surface area contributed by atoms with Gasteiger partial charge in [0.05, 0.1) is 24.4 Å². The maximum Gasteiger partial charge on any atom is 0.109 e. The van der Waals surface area contributed by atoms with Gasteiger partial charge in [0.2, 0.25) is 0 Å². The fraction of sp³-hybridized carbons (Fsp3) is 1.00. The lowest BCUT2D eigenvalue weighted by molar-refractivity contribution is -0.241. The van der Waals surface area contributed by atoms with Crippen molar-refractivity contribution < 1.29 is 35.7 Å². The summed E-state index contributed by atoms with van der Waals surface area (Å²) in [6, 6.07) is 0. The molecular formula is C10H18O7. The number of hydrogen-bond acceptors (Lipinski definition) is 7. The third-order valence-electron chi connectivity index (χ3n) is 4.03. The van der Waals surface area contributed by atoms with Gasteiger partial charge in [0.25, 0.3) is 0 Å². The quantitative estimate of drug-likeness (QED) is 0.233. The van der Waals surface area contributed by atoms with Crippen molar-refractivity contribution >= 4 is 0 Å². The van der Waals surface area contributed by atoms with E-state index >= 15 is 0 Å². The fourth-order valence-corrected chi connectivity index (χ4v) is 2.99. The summed E-state index contributed by atoms with van der Waals surface area (Å²) < 4.78 is 0. The lowest BCUT2D eigenvalue weighted by Crippen LogP contribution is -2.66. The van der Waals surface area contributed by atoms with Crippen molar-refractivity contribution in [1.82, 2.24) is 0 Å². The minimum absolute atomic E-state index is 0.0507. The van der Waals surface area contributed by atoms with Crippen LogP contribution >= 0.6 is 0 Å². The van der Waals surface area contributed by atoms with Gasteiger partial charge >= 0.3 is 0 Å². The second-order valence-electron chi connectivity index (χ2n) is 4.99. The van der Waals surface area contributed by atoms with Crippen LogP contribution in [0.3, 0.4) is 0 Å². The highest BCUT2D eigenvalue weighted by molar-refractivity contribution is 5.05. The van der Waals surface area contributed by atoms with Crippen molar-refractivity contribution in [2.45, 2.75) is 49.1 Å². The zero-order chi connectivity index (χ0) is 12.9. The van der Waals surface area contributed by atoms with Crippen LogP contribution in [0.4, 0.5) is 0 Å². The summed E-state index contributed by atoms with van der Waals surface area (Å²) in [7, 11) is 0. The average Bonchev–Trinajstić information content (AvgIpc) is 2.30. The zero-order valence-corrected chi connectivity index (χ0v) is 9.03. The van der Waals surface area contributed by atoms with Crippen molar-refractivity contribution in [3.63, 3.8) is 0 Å². The smallest absolute Gasteiger partial charge is 0.109 e. The lowest BCUT2D eigenvalue weighted by atomic mass is 9.63. The number of aliphatic hydroxyl groups is 7. The Morgan fingerprint density at radius 1 is 0.529 bits per heavy atom. The minimum Gasteiger partial charge on any atom is -0.390 e. The van der Waals surface area contributed by atoms with Crippen molar-refractivity contribution in [3.05, 3.63) is 0 Å². The highest BCUT2D eigenvalue weighted by atomic mass is 16.4. The molecule has 0 radical (unpaired) electrons. The van der Waals surface area contributed by atoms with E-state index in [0.717, 1.165) is 0 Å². The molecule has 0 spiro atoms. The average molecular weight is 250 g/mol. The molecule has 7 heteroatoms. The lowest BCUT2D eigenvalue weighted by Gasteiger charge is -2.50. The molecule has 7 N–H and O–H groups in total. The van der Waals surface area contributed by atoms with Crippen molar-refractivity contribution in [3.8, 4) is 0 Å². The molecule has 0 saturated heterocycles. The van der Waals surface area contributed by atoms with Gasteiger partial charge < -0.3 is 35.7 Å². The summed E-state index contributed by atoms with van der Waals surface area (Å²) in [6.45, 7) is 0. The van der Waals surface area contributed by atoms with Gasteiger partial charge in [0.15, 0.2) is 0 Å². The molecule has 2 fully saturated rings. The van der Waals surface area contributed by atoms with Gasteiger partial charge in [-0.15, -0.1) is 0 Å². The number of aliphatic hydroxyl groups excluding tert-OH is 7. The van der Waals surface area contributed by atoms with Crippen LogP contribution < -0.4 is 0 Å². The zero-order valence-electron chi connectivity index (χ0n) is 9.03. The first kappa shape index (κ1) is 13.2. The molecule has 2 saturated carbocycles. The van der Waals surface area contributed by atoms with Crippen LogP contribution in [0.25, 0.3) is 0 Å². The molecular weight excluding hydrogens is 232 g/mol. The maximum atomic E-state index is 9.76. The minimum atomic E-state index is -1.58. The van der Waals surface area contributed by atoms with E-state index < -0.39 is 54.6 Å². The Morgan fingerprint density at radius 3 is 1.59 bits per heavy atom. The van der Waals surface area contributed by atoms with Crippen molar-refractivity contribution in [2.24, 2.45) is 11.8 Å². The van der Waals surface area contributed by atoms with Crippen molar-refractivity contribution in [1.29, 1.82) is 0 Å². The van der Waals surface area contributed by atoms with Crippen LogP contribution in [0, 0.1) is 11.8 Å². The molecule has 2 rings (SSSR count). The van der Waals surface area contributed by atoms with Crippen LogP contribution in [-0.2, 0) is 0 Å². The van der Waals surface area contributed by atoms with Gasteiger partial charge in [-0.1, -0.05) is 0 Å². The van der Waals surface area contributed by atoms with Crippen LogP contribution in [0.2, 0.25) is 0 Å². The summed E-state index contributed by atoms with van der Waals surface area (Å²) in [4.78, 5) is 0. The van der Waals surface area contributed by atoms with E-state index in [9.17, 15) is 35.7 Å². The Balaban J connectivity index is 2.28. The molecule has 9 atom stereocenters. The van der Waals surface area contributed by atoms with Crippen LogP contribution in [-0.4, -0.2) is 78.5 Å². The van der Waals surface area contributed by atoms with Crippen LogP contribution in [0.1, 0.15) is 6.42 Å². The molecule has 0 aromatic carbocycles. The monoisotopic (exact) mass is 250 g/mol. The second kappa shape index (κ2) is 4.43. The Kier molecular flexibility index (Phi) is 3.43. The van der Waals surface area contributed by atoms with Crippen LogP contribution in [0.5, 0.6) is 0 Å². The van der Waals surface area contributed by atoms with Gasteiger partial charge in [-0.05, 0) is 12.3 Å². The summed E-state index contributed by atoms with van der Waals surface area (Å²) in [5.74, 6) is -1.74. The van der Waals surface area contributed by atoms with E-state index in [-0.39, 0.29) is 6.42 Å². The largest absolute Gasteiger partial charge is 0.390 e. The molecule has 0 bridgehead atoms. The maximum absolute atomic E-state index is 9.76. The highest BCUT2D eigenvalue weighted by Crippen LogP contribution is 2.41. The van der Waals surface area contributed by atoms with E-state index in [0.29, 0.717) is 0 Å². The summed E-state index contributed by atoms with van der Waals surface area (Å²) >= 11 is 0. The molecule has 0 unspecified atom stereocenters. The van der Waals surface area contributed by atoms with Gasteiger partial charge in [-0.2, -0.15) is 0 Å². The number of rotatable bonds is 0. The molecule has 100 valence electrons. The summed E-state index contributed by atoms with van der Waals surface area (Å²) in [5.41, 5.74) is 0. The molecule has 0 amide bonds. The molecule has 0 aliphatic heterocycles. The van der Waals surface area contributed by atoms with E-state index in [1.54, 1.807) is 0 Å². The van der Waals surface area contributed by atoms with Crippen LogP contribution in [0.15, 0.2) is 0 Å². The standard InChI is InChI=1S/C10H18O7/c11-3-1-2-4(7(14)6(3)13)8(15)10(17)9(16)5(2)12/h2-17H,1H2/t2-,3-,4-,5-,6-,7-,8+,9+,10-/m1/s1. The SMILES string of the molecule is O[C@@H]1[C@H](O)[C@@H](O)[C@H]2[C@@H](O)[C@H](O)[C@H](O)C[C@H]2[C@H]1O. The Morgan fingerprint density at radius 2 is 1.00 bits per heavy atom. The van der Waals surface area contributed by atoms with Gasteiger partial charge in [-0.3, -0.25) is 0 Å². The van der Waals surface area contributed by atoms with Crippen molar-refractivity contribution in [2.75, 3.05) is 0 Å². The Labute approximate surface area is 97.6 Å². The second-order valence-corrected chi connectivity index (χ2v) is 4.99. The summed E-state index contributed by atoms with van der Waals surface area (Å²) in [6.07, 6.45) is -10.1. The fourth-order valence-electron chi connectivity index (χ4n) is 2.99. The molecule has 0 heterocycles. The number of fused-ring (bicyclic) bond motifs is 1. The Hall–Kier alpha value is -0.280. The first-order chi connectivity index (χ1) is 7.86. The Bertz CT molecular complexity index is 282. The third kappa shape index (κ3) is 1.88. The molecule has 2 aliphatic carbocycles. The van der Waals surface area contributed by atoms with E-state index in [1.807, 2.05) is 0 Å². The van der Waals surface area contributed by atoms with E-state index in [4.69, 9.17) is 0 Å².